The number of carbonyl (C=O) groups is 1. The molecule has 1 aliphatic carbocycles. The fourth-order valence-corrected chi connectivity index (χ4v) is 2.16. The Balaban J connectivity index is 2.12. The van der Waals surface area contributed by atoms with Crippen molar-refractivity contribution < 1.29 is 19.1 Å². The molecule has 3 heteroatoms. The Bertz CT molecular complexity index is 529. The van der Waals surface area contributed by atoms with Gasteiger partial charge in [0.2, 0.25) is 0 Å². The van der Waals surface area contributed by atoms with Crippen molar-refractivity contribution in [3.8, 4) is 0 Å². The van der Waals surface area contributed by atoms with Crippen molar-refractivity contribution in [1.82, 2.24) is 0 Å². The molecule has 98 valence electrons. The van der Waals surface area contributed by atoms with E-state index in [4.69, 9.17) is 9.22 Å². The van der Waals surface area contributed by atoms with Crippen LogP contribution in [0.3, 0.4) is 0 Å². The molecule has 0 radical (unpaired) electrons. The van der Waals surface area contributed by atoms with E-state index in [1.807, 2.05) is 0 Å². The summed E-state index contributed by atoms with van der Waals surface area (Å²) < 4.78 is 23.7. The highest BCUT2D eigenvalue weighted by Gasteiger charge is 2.25. The second-order valence-corrected chi connectivity index (χ2v) is 4.74. The quantitative estimate of drug-likeness (QED) is 0.864. The molecule has 1 fully saturated rings. The van der Waals surface area contributed by atoms with E-state index in [0.717, 1.165) is 5.56 Å². The van der Waals surface area contributed by atoms with Crippen LogP contribution in [0.4, 0.5) is 0 Å². The van der Waals surface area contributed by atoms with Gasteiger partial charge in [0, 0.05) is 4.11 Å². The van der Waals surface area contributed by atoms with Gasteiger partial charge in [0.05, 0.1) is 12.0 Å². The largest absolute Gasteiger partial charge is 0.481 e. The monoisotopic (exact) mass is 251 g/mol. The van der Waals surface area contributed by atoms with Crippen LogP contribution < -0.4 is 0 Å². The number of benzene rings is 1. The topological polar surface area (TPSA) is 57.5 Å². The van der Waals surface area contributed by atoms with Crippen molar-refractivity contribution in [2.75, 3.05) is 0 Å². The summed E-state index contributed by atoms with van der Waals surface area (Å²) in [5, 5.41) is 19.0. The van der Waals surface area contributed by atoms with Crippen LogP contribution in [0.2, 0.25) is 0 Å². The van der Waals surface area contributed by atoms with E-state index in [1.165, 1.54) is 0 Å². The lowest BCUT2D eigenvalue weighted by molar-refractivity contribution is -0.138. The highest BCUT2D eigenvalue weighted by molar-refractivity contribution is 5.75. The van der Waals surface area contributed by atoms with Gasteiger partial charge in [0.15, 0.2) is 0 Å². The first kappa shape index (κ1) is 9.56. The predicted octanol–water partition coefficient (Wildman–Crippen LogP) is 2.58. The molecule has 18 heavy (non-hydrogen) atoms. The SMILES string of the molecule is [2H]C1([2H])CC[C@]([2H])(Cc2ccc(C(C)C(=O)O)cc2)[C@@H]1O. The molecule has 1 aromatic carbocycles. The van der Waals surface area contributed by atoms with Gasteiger partial charge in [-0.25, -0.2) is 0 Å². The lowest BCUT2D eigenvalue weighted by Crippen LogP contribution is -2.15. The van der Waals surface area contributed by atoms with Crippen LogP contribution in [-0.2, 0) is 11.2 Å². The van der Waals surface area contributed by atoms with Crippen molar-refractivity contribution in [2.45, 2.75) is 44.6 Å². The summed E-state index contributed by atoms with van der Waals surface area (Å²) in [5.41, 5.74) is 1.50. The van der Waals surface area contributed by atoms with Crippen LogP contribution in [0.5, 0.6) is 0 Å². The van der Waals surface area contributed by atoms with E-state index in [0.29, 0.717) is 12.0 Å². The van der Waals surface area contributed by atoms with Crippen molar-refractivity contribution >= 4 is 5.97 Å². The van der Waals surface area contributed by atoms with Gasteiger partial charge >= 0.3 is 5.97 Å². The minimum Gasteiger partial charge on any atom is -0.481 e. The van der Waals surface area contributed by atoms with Crippen LogP contribution in [-0.4, -0.2) is 22.3 Å². The molecule has 0 aliphatic heterocycles. The fraction of sp³-hybridized carbons (Fsp3) is 0.533. The van der Waals surface area contributed by atoms with Gasteiger partial charge in [-0.1, -0.05) is 30.7 Å². The first-order chi connectivity index (χ1) is 9.66. The van der Waals surface area contributed by atoms with E-state index in [-0.39, 0.29) is 12.8 Å². The van der Waals surface area contributed by atoms with Gasteiger partial charge in [0.25, 0.3) is 0 Å². The fourth-order valence-electron chi connectivity index (χ4n) is 2.16. The van der Waals surface area contributed by atoms with Crippen molar-refractivity contribution in [3.63, 3.8) is 0 Å². The Morgan fingerprint density at radius 3 is 2.72 bits per heavy atom. The van der Waals surface area contributed by atoms with E-state index >= 15 is 0 Å². The summed E-state index contributed by atoms with van der Waals surface area (Å²) in [4.78, 5) is 10.9. The zero-order valence-corrected chi connectivity index (χ0v) is 10.4. The molecule has 1 saturated carbocycles. The molecule has 0 spiro atoms. The van der Waals surface area contributed by atoms with Crippen LogP contribution in [0.15, 0.2) is 24.3 Å². The average molecular weight is 251 g/mol. The standard InChI is InChI=1S/C15H20O3/c1-10(15(17)18)12-7-5-11(6-8-12)9-13-3-2-4-14(13)16/h5-8,10,13-14,16H,2-4,9H2,1H3,(H,17,18)/t10?,13-,14-/m1/s1/i4D2,13D. The maximum Gasteiger partial charge on any atom is 0.310 e. The number of hydrogen-bond acceptors (Lipinski definition) is 2. The molecule has 0 heterocycles. The minimum atomic E-state index is -1.71. The van der Waals surface area contributed by atoms with Crippen molar-refractivity contribution in [1.29, 1.82) is 0 Å². The summed E-state index contributed by atoms with van der Waals surface area (Å²) in [6.45, 7) is 1.61. The zero-order valence-electron chi connectivity index (χ0n) is 13.4. The summed E-state index contributed by atoms with van der Waals surface area (Å²) in [5.74, 6) is -2.70. The third-order valence-electron chi connectivity index (χ3n) is 3.45. The molecule has 2 rings (SSSR count). The summed E-state index contributed by atoms with van der Waals surface area (Å²) in [7, 11) is 0. The van der Waals surface area contributed by atoms with E-state index < -0.39 is 30.3 Å². The molecule has 0 saturated heterocycles. The molecule has 2 N–H and O–H groups in total. The molecular weight excluding hydrogens is 228 g/mol. The molecule has 0 bridgehead atoms. The molecule has 1 aliphatic rings. The van der Waals surface area contributed by atoms with Crippen LogP contribution in [0.1, 0.15) is 47.3 Å². The number of rotatable bonds is 4. The first-order valence-corrected chi connectivity index (χ1v) is 6.15. The van der Waals surface area contributed by atoms with Gasteiger partial charge < -0.3 is 10.2 Å². The van der Waals surface area contributed by atoms with Crippen LogP contribution in [0.25, 0.3) is 0 Å². The first-order valence-electron chi connectivity index (χ1n) is 7.65. The molecule has 3 atom stereocenters. The lowest BCUT2D eigenvalue weighted by atomic mass is 9.94. The maximum absolute atomic E-state index is 10.9. The molecule has 0 aromatic heterocycles. The molecule has 3 nitrogen and oxygen atoms in total. The third kappa shape index (κ3) is 2.91. The summed E-state index contributed by atoms with van der Waals surface area (Å²) >= 11 is 0. The molecule has 1 aromatic rings. The smallest absolute Gasteiger partial charge is 0.310 e. The molecule has 1 unspecified atom stereocenters. The third-order valence-corrected chi connectivity index (χ3v) is 3.45. The number of carboxylic acid groups (broad SMARTS) is 1. The van der Waals surface area contributed by atoms with Crippen LogP contribution in [0, 0.1) is 5.89 Å². The number of aliphatic hydroxyl groups excluding tert-OH is 1. The second-order valence-electron chi connectivity index (χ2n) is 4.74. The molecule has 0 amide bonds. The summed E-state index contributed by atoms with van der Waals surface area (Å²) in [6.07, 6.45) is -2.25. The predicted molar refractivity (Wildman–Crippen MR) is 69.5 cm³/mol. The van der Waals surface area contributed by atoms with Crippen molar-refractivity contribution in [2.24, 2.45) is 5.89 Å². The number of aliphatic carboxylic acids is 1. The highest BCUT2D eigenvalue weighted by Crippen LogP contribution is 2.29. The molecular formula is C15H20O3. The Morgan fingerprint density at radius 1 is 1.56 bits per heavy atom. The van der Waals surface area contributed by atoms with Gasteiger partial charge in [-0.15, -0.1) is 0 Å². The number of hydrogen-bond donors (Lipinski definition) is 2. The number of carboxylic acids is 1. The Morgan fingerprint density at radius 2 is 2.22 bits per heavy atom. The zero-order chi connectivity index (χ0) is 15.8. The van der Waals surface area contributed by atoms with E-state index in [1.54, 1.807) is 31.2 Å². The number of aliphatic hydroxyl groups is 1. The Hall–Kier alpha value is -1.35. The lowest BCUT2D eigenvalue weighted by Gasteiger charge is -2.15. The second kappa shape index (κ2) is 5.53. The van der Waals surface area contributed by atoms with Gasteiger partial charge in [-0.05, 0) is 43.2 Å². The van der Waals surface area contributed by atoms with E-state index in [2.05, 4.69) is 0 Å². The van der Waals surface area contributed by atoms with E-state index in [9.17, 15) is 9.90 Å². The van der Waals surface area contributed by atoms with Gasteiger partial charge in [-0.3, -0.25) is 4.79 Å². The van der Waals surface area contributed by atoms with Gasteiger partial charge in [-0.2, -0.15) is 0 Å². The maximum atomic E-state index is 10.9. The Kier molecular flexibility index (Phi) is 2.94. The minimum absolute atomic E-state index is 0.186. The van der Waals surface area contributed by atoms with Crippen LogP contribution >= 0.6 is 0 Å². The Labute approximate surface area is 112 Å². The average Bonchev–Trinajstić information content (AvgIpc) is 2.63. The van der Waals surface area contributed by atoms with Crippen molar-refractivity contribution in [3.05, 3.63) is 35.4 Å². The summed E-state index contributed by atoms with van der Waals surface area (Å²) in [6, 6.07) is 6.94. The normalized spacial score (nSPS) is 34.3. The van der Waals surface area contributed by atoms with Gasteiger partial charge in [0.1, 0.15) is 0 Å². The highest BCUT2D eigenvalue weighted by atomic mass is 16.4.